The fourth-order valence-electron chi connectivity index (χ4n) is 4.40. The molecule has 0 unspecified atom stereocenters. The predicted molar refractivity (Wildman–Crippen MR) is 114 cm³/mol. The van der Waals surface area contributed by atoms with Crippen LogP contribution in [0.4, 0.5) is 17.5 Å². The molecule has 0 fully saturated rings. The summed E-state index contributed by atoms with van der Waals surface area (Å²) in [7, 11) is 0. The summed E-state index contributed by atoms with van der Waals surface area (Å²) in [6.07, 6.45) is 5.68. The van der Waals surface area contributed by atoms with E-state index < -0.39 is 0 Å². The van der Waals surface area contributed by atoms with Crippen molar-refractivity contribution in [3.63, 3.8) is 0 Å². The van der Waals surface area contributed by atoms with E-state index in [1.807, 2.05) is 0 Å². The Morgan fingerprint density at radius 3 is 2.54 bits per heavy atom. The van der Waals surface area contributed by atoms with Crippen molar-refractivity contribution in [1.29, 1.82) is 0 Å². The van der Waals surface area contributed by atoms with E-state index in [9.17, 15) is 0 Å². The molecule has 0 atom stereocenters. The molecule has 2 aliphatic rings. The number of rotatable bonds is 3. The van der Waals surface area contributed by atoms with Gasteiger partial charge in [-0.25, -0.2) is 4.98 Å². The number of hydrogen-bond acceptors (Lipinski definition) is 4. The first-order chi connectivity index (χ1) is 13.8. The normalized spacial score (nSPS) is 15.7. The first-order valence-corrected chi connectivity index (χ1v) is 10.3. The third-order valence-electron chi connectivity index (χ3n) is 5.98. The van der Waals surface area contributed by atoms with E-state index in [1.54, 1.807) is 0 Å². The second-order valence-corrected chi connectivity index (χ2v) is 7.88. The van der Waals surface area contributed by atoms with E-state index in [4.69, 9.17) is 9.97 Å². The molecule has 4 nitrogen and oxygen atoms in total. The van der Waals surface area contributed by atoms with Gasteiger partial charge in [0.2, 0.25) is 5.95 Å². The first-order valence-electron chi connectivity index (χ1n) is 10.3. The van der Waals surface area contributed by atoms with Gasteiger partial charge in [-0.3, -0.25) is 0 Å². The first kappa shape index (κ1) is 17.2. The van der Waals surface area contributed by atoms with Crippen LogP contribution in [-0.2, 0) is 25.8 Å². The van der Waals surface area contributed by atoms with Crippen LogP contribution in [0.5, 0.6) is 0 Å². The quantitative estimate of drug-likeness (QED) is 0.707. The van der Waals surface area contributed by atoms with Gasteiger partial charge < -0.3 is 10.2 Å². The van der Waals surface area contributed by atoms with Crippen molar-refractivity contribution in [2.45, 2.75) is 45.6 Å². The van der Waals surface area contributed by atoms with Crippen molar-refractivity contribution < 1.29 is 0 Å². The molecule has 0 saturated heterocycles. The molecule has 1 aromatic heterocycles. The van der Waals surface area contributed by atoms with Gasteiger partial charge in [0.15, 0.2) is 0 Å². The van der Waals surface area contributed by atoms with Gasteiger partial charge >= 0.3 is 0 Å². The van der Waals surface area contributed by atoms with Crippen LogP contribution in [-0.4, -0.2) is 16.5 Å². The van der Waals surface area contributed by atoms with E-state index in [2.05, 4.69) is 65.7 Å². The standard InChI is InChI=1S/C24H26N4/c1-17-8-2-6-12-21(17)25-24-26-22-13-7-5-11-20(22)23(27-24)28-15-14-18-9-3-4-10-19(18)16-28/h2-4,6,8-10,12H,5,7,11,13-16H2,1H3,(H,25,26,27). The zero-order chi connectivity index (χ0) is 18.9. The monoisotopic (exact) mass is 370 g/mol. The smallest absolute Gasteiger partial charge is 0.229 e. The maximum Gasteiger partial charge on any atom is 0.229 e. The highest BCUT2D eigenvalue weighted by atomic mass is 15.2. The van der Waals surface area contributed by atoms with Crippen LogP contribution in [0.2, 0.25) is 0 Å². The number of anilines is 3. The minimum Gasteiger partial charge on any atom is -0.352 e. The van der Waals surface area contributed by atoms with Gasteiger partial charge in [0.05, 0.1) is 5.69 Å². The predicted octanol–water partition coefficient (Wildman–Crippen LogP) is 4.97. The van der Waals surface area contributed by atoms with Gasteiger partial charge in [0, 0.05) is 24.3 Å². The highest BCUT2D eigenvalue weighted by molar-refractivity contribution is 5.62. The molecule has 0 saturated carbocycles. The number of aryl methyl sites for hydroxylation is 2. The van der Waals surface area contributed by atoms with Gasteiger partial charge in [-0.2, -0.15) is 4.98 Å². The molecule has 2 aromatic carbocycles. The van der Waals surface area contributed by atoms with Crippen LogP contribution in [0.15, 0.2) is 48.5 Å². The van der Waals surface area contributed by atoms with Gasteiger partial charge in [0.1, 0.15) is 5.82 Å². The van der Waals surface area contributed by atoms with Crippen molar-refractivity contribution in [1.82, 2.24) is 9.97 Å². The van der Waals surface area contributed by atoms with Crippen molar-refractivity contribution in [3.05, 3.63) is 76.5 Å². The Morgan fingerprint density at radius 2 is 1.64 bits per heavy atom. The molecule has 4 heteroatoms. The summed E-state index contributed by atoms with van der Waals surface area (Å²) in [5.74, 6) is 1.86. The maximum absolute atomic E-state index is 5.02. The van der Waals surface area contributed by atoms with E-state index >= 15 is 0 Å². The fourth-order valence-corrected chi connectivity index (χ4v) is 4.40. The number of nitrogens with one attached hydrogen (secondary N) is 1. The lowest BCUT2D eigenvalue weighted by atomic mass is 9.94. The summed E-state index contributed by atoms with van der Waals surface area (Å²) in [5, 5.41) is 3.47. The van der Waals surface area contributed by atoms with Crippen LogP contribution in [0.1, 0.15) is 40.8 Å². The molecule has 3 aromatic rings. The third-order valence-corrected chi connectivity index (χ3v) is 5.98. The zero-order valence-electron chi connectivity index (χ0n) is 16.4. The molecule has 1 N–H and O–H groups in total. The van der Waals surface area contributed by atoms with Gasteiger partial charge in [-0.1, -0.05) is 42.5 Å². The van der Waals surface area contributed by atoms with E-state index in [-0.39, 0.29) is 0 Å². The lowest BCUT2D eigenvalue weighted by Crippen LogP contribution is -2.33. The summed E-state index contributed by atoms with van der Waals surface area (Å²) < 4.78 is 0. The van der Waals surface area contributed by atoms with Crippen LogP contribution >= 0.6 is 0 Å². The Kier molecular flexibility index (Phi) is 4.47. The number of nitrogens with zero attached hydrogens (tertiary/aromatic N) is 3. The largest absolute Gasteiger partial charge is 0.352 e. The highest BCUT2D eigenvalue weighted by Crippen LogP contribution is 2.33. The molecule has 142 valence electrons. The molecule has 28 heavy (non-hydrogen) atoms. The molecule has 1 aliphatic heterocycles. The Hall–Kier alpha value is -2.88. The SMILES string of the molecule is Cc1ccccc1Nc1nc2c(c(N3CCc4ccccc4C3)n1)CCCC2. The summed E-state index contributed by atoms with van der Waals surface area (Å²) >= 11 is 0. The maximum atomic E-state index is 5.02. The fraction of sp³-hybridized carbons (Fsp3) is 0.333. The lowest BCUT2D eigenvalue weighted by Gasteiger charge is -2.33. The van der Waals surface area contributed by atoms with Crippen molar-refractivity contribution in [3.8, 4) is 0 Å². The Labute approximate surface area is 166 Å². The van der Waals surface area contributed by atoms with E-state index in [0.717, 1.165) is 49.8 Å². The Morgan fingerprint density at radius 1 is 0.857 bits per heavy atom. The number of aromatic nitrogens is 2. The second kappa shape index (κ2) is 7.27. The van der Waals surface area contributed by atoms with E-state index in [1.165, 1.54) is 40.8 Å². The number of hydrogen-bond donors (Lipinski definition) is 1. The Bertz CT molecular complexity index is 1010. The van der Waals surface area contributed by atoms with Gasteiger partial charge in [-0.15, -0.1) is 0 Å². The molecule has 0 bridgehead atoms. The van der Waals surface area contributed by atoms with Crippen LogP contribution in [0.3, 0.4) is 0 Å². The van der Waals surface area contributed by atoms with Crippen LogP contribution < -0.4 is 10.2 Å². The molecule has 0 radical (unpaired) electrons. The number of para-hydroxylation sites is 1. The summed E-state index contributed by atoms with van der Waals surface area (Å²) in [4.78, 5) is 12.4. The van der Waals surface area contributed by atoms with Crippen molar-refractivity contribution >= 4 is 17.5 Å². The molecule has 0 amide bonds. The minimum atomic E-state index is 0.726. The summed E-state index contributed by atoms with van der Waals surface area (Å²) in [6, 6.07) is 17.1. The highest BCUT2D eigenvalue weighted by Gasteiger charge is 2.24. The summed E-state index contributed by atoms with van der Waals surface area (Å²) in [6.45, 7) is 4.07. The van der Waals surface area contributed by atoms with Crippen LogP contribution in [0.25, 0.3) is 0 Å². The average Bonchev–Trinajstić information content (AvgIpc) is 2.74. The molecule has 1 aliphatic carbocycles. The minimum absolute atomic E-state index is 0.726. The van der Waals surface area contributed by atoms with Crippen molar-refractivity contribution in [2.75, 3.05) is 16.8 Å². The number of benzene rings is 2. The van der Waals surface area contributed by atoms with Gasteiger partial charge in [-0.05, 0) is 61.8 Å². The third kappa shape index (κ3) is 3.24. The molecule has 0 spiro atoms. The molecule has 2 heterocycles. The van der Waals surface area contributed by atoms with Gasteiger partial charge in [0.25, 0.3) is 0 Å². The molecule has 5 rings (SSSR count). The second-order valence-electron chi connectivity index (χ2n) is 7.88. The average molecular weight is 371 g/mol. The zero-order valence-corrected chi connectivity index (χ0v) is 16.4. The lowest BCUT2D eigenvalue weighted by molar-refractivity contribution is 0.647. The summed E-state index contributed by atoms with van der Waals surface area (Å²) in [5.41, 5.74) is 7.77. The van der Waals surface area contributed by atoms with Crippen LogP contribution in [0, 0.1) is 6.92 Å². The Balaban J connectivity index is 1.53. The van der Waals surface area contributed by atoms with Crippen molar-refractivity contribution in [2.24, 2.45) is 0 Å². The molecular weight excluding hydrogens is 344 g/mol. The number of fused-ring (bicyclic) bond motifs is 2. The molecular formula is C24H26N4. The van der Waals surface area contributed by atoms with E-state index in [0.29, 0.717) is 0 Å². The topological polar surface area (TPSA) is 41.1 Å².